The van der Waals surface area contributed by atoms with Crippen LogP contribution in [0.4, 0.5) is 4.39 Å². The molecule has 1 aromatic carbocycles. The van der Waals surface area contributed by atoms with Gasteiger partial charge in [0.15, 0.2) is 0 Å². The van der Waals surface area contributed by atoms with Crippen LogP contribution in [0.5, 0.6) is 0 Å². The molecule has 2 unspecified atom stereocenters. The molecule has 76 valence electrons. The van der Waals surface area contributed by atoms with Crippen LogP contribution < -0.4 is 5.32 Å². The van der Waals surface area contributed by atoms with Crippen molar-refractivity contribution in [3.05, 3.63) is 29.6 Å². The van der Waals surface area contributed by atoms with Crippen molar-refractivity contribution in [3.8, 4) is 0 Å². The van der Waals surface area contributed by atoms with Crippen molar-refractivity contribution in [2.24, 2.45) is 0 Å². The fourth-order valence-corrected chi connectivity index (χ4v) is 3.25. The molecule has 0 aromatic heterocycles. The number of hydrogen-bond acceptors (Lipinski definition) is 2. The van der Waals surface area contributed by atoms with Gasteiger partial charge in [0.1, 0.15) is 5.82 Å². The monoisotopic (exact) mass is 211 g/mol. The van der Waals surface area contributed by atoms with Crippen molar-refractivity contribution in [1.29, 1.82) is 0 Å². The quantitative estimate of drug-likeness (QED) is 0.807. The Morgan fingerprint density at radius 2 is 2.36 bits per heavy atom. The van der Waals surface area contributed by atoms with Crippen molar-refractivity contribution < 1.29 is 4.39 Å². The molecule has 1 heterocycles. The summed E-state index contributed by atoms with van der Waals surface area (Å²) in [7, 11) is 1.92. The maximum absolute atomic E-state index is 13.6. The zero-order valence-corrected chi connectivity index (χ0v) is 9.20. The van der Waals surface area contributed by atoms with Gasteiger partial charge in [0, 0.05) is 28.2 Å². The van der Waals surface area contributed by atoms with Gasteiger partial charge in [0.25, 0.3) is 0 Å². The topological polar surface area (TPSA) is 12.0 Å². The fourth-order valence-electron chi connectivity index (χ4n) is 1.86. The summed E-state index contributed by atoms with van der Waals surface area (Å²) in [4.78, 5) is 1.11. The lowest BCUT2D eigenvalue weighted by Crippen LogP contribution is -2.29. The minimum atomic E-state index is -0.0559. The van der Waals surface area contributed by atoms with Crippen molar-refractivity contribution in [2.75, 3.05) is 12.8 Å². The maximum atomic E-state index is 13.6. The number of hydrogen-bond donors (Lipinski definition) is 1. The molecule has 0 saturated heterocycles. The van der Waals surface area contributed by atoms with Crippen molar-refractivity contribution in [3.63, 3.8) is 0 Å². The van der Waals surface area contributed by atoms with Crippen LogP contribution in [-0.4, -0.2) is 18.8 Å². The van der Waals surface area contributed by atoms with E-state index in [1.165, 1.54) is 0 Å². The van der Waals surface area contributed by atoms with Gasteiger partial charge in [-0.3, -0.25) is 0 Å². The Labute approximate surface area is 88.1 Å². The maximum Gasteiger partial charge on any atom is 0.127 e. The zero-order chi connectivity index (χ0) is 10.1. The molecular formula is C11H14FNS. The van der Waals surface area contributed by atoms with Gasteiger partial charge >= 0.3 is 0 Å². The summed E-state index contributed by atoms with van der Waals surface area (Å²) in [6, 6.07) is 5.68. The van der Waals surface area contributed by atoms with Crippen LogP contribution in [0.25, 0.3) is 0 Å². The number of benzene rings is 1. The van der Waals surface area contributed by atoms with Gasteiger partial charge in [-0.15, -0.1) is 11.8 Å². The summed E-state index contributed by atoms with van der Waals surface area (Å²) in [5.74, 6) is 1.24. The van der Waals surface area contributed by atoms with Crippen molar-refractivity contribution in [2.45, 2.75) is 23.8 Å². The van der Waals surface area contributed by atoms with E-state index >= 15 is 0 Å². The van der Waals surface area contributed by atoms with Gasteiger partial charge < -0.3 is 5.32 Å². The number of likely N-dealkylation sites (N-methyl/N-ethyl adjacent to an activating group) is 1. The van der Waals surface area contributed by atoms with Crippen LogP contribution in [0, 0.1) is 5.82 Å². The Bertz CT molecular complexity index is 340. The van der Waals surface area contributed by atoms with Crippen LogP contribution in [-0.2, 0) is 0 Å². The Morgan fingerprint density at radius 3 is 3.07 bits per heavy atom. The summed E-state index contributed by atoms with van der Waals surface area (Å²) in [5.41, 5.74) is 0.902. The van der Waals surface area contributed by atoms with Crippen molar-refractivity contribution >= 4 is 11.8 Å². The van der Waals surface area contributed by atoms with Crippen LogP contribution >= 0.6 is 11.8 Å². The first kappa shape index (κ1) is 9.99. The highest BCUT2D eigenvalue weighted by atomic mass is 32.2. The molecule has 0 spiro atoms. The molecule has 0 aliphatic carbocycles. The predicted octanol–water partition coefficient (Wildman–Crippen LogP) is 2.62. The standard InChI is InChI=1S/C11H14FNS/c1-7(13-2)8-6-14-10-5-3-4-9(12)11(8)10/h3-5,7-8,13H,6H2,1-2H3. The normalized spacial score (nSPS) is 22.1. The average molecular weight is 211 g/mol. The Morgan fingerprint density at radius 1 is 1.57 bits per heavy atom. The Balaban J connectivity index is 2.38. The highest BCUT2D eigenvalue weighted by molar-refractivity contribution is 7.99. The molecule has 1 aromatic rings. The van der Waals surface area contributed by atoms with Crippen LogP contribution in [0.2, 0.25) is 0 Å². The molecule has 2 atom stereocenters. The number of fused-ring (bicyclic) bond motifs is 1. The smallest absolute Gasteiger partial charge is 0.127 e. The van der Waals surface area contributed by atoms with Crippen LogP contribution in [0.3, 0.4) is 0 Å². The molecule has 1 aliphatic rings. The molecule has 3 heteroatoms. The number of halogens is 1. The minimum absolute atomic E-state index is 0.0559. The van der Waals surface area contributed by atoms with Crippen LogP contribution in [0.1, 0.15) is 18.4 Å². The summed E-state index contributed by atoms with van der Waals surface area (Å²) >= 11 is 1.75. The lowest BCUT2D eigenvalue weighted by Gasteiger charge is -2.19. The molecule has 0 radical (unpaired) electrons. The summed E-state index contributed by atoms with van der Waals surface area (Å²) < 4.78 is 13.6. The molecule has 1 N–H and O–H groups in total. The fraction of sp³-hybridized carbons (Fsp3) is 0.455. The third kappa shape index (κ3) is 1.55. The van der Waals surface area contributed by atoms with E-state index in [0.717, 1.165) is 16.2 Å². The molecule has 1 aliphatic heterocycles. The second-order valence-electron chi connectivity index (χ2n) is 3.65. The second-order valence-corrected chi connectivity index (χ2v) is 4.71. The number of rotatable bonds is 2. The predicted molar refractivity (Wildman–Crippen MR) is 58.4 cm³/mol. The van der Waals surface area contributed by atoms with Gasteiger partial charge in [-0.25, -0.2) is 4.39 Å². The van der Waals surface area contributed by atoms with Gasteiger partial charge in [0.2, 0.25) is 0 Å². The first-order valence-corrected chi connectivity index (χ1v) is 5.81. The van der Waals surface area contributed by atoms with Crippen molar-refractivity contribution in [1.82, 2.24) is 5.32 Å². The Hall–Kier alpha value is -0.540. The van der Waals surface area contributed by atoms with E-state index < -0.39 is 0 Å². The van der Waals surface area contributed by atoms with E-state index in [1.807, 2.05) is 13.1 Å². The number of nitrogens with one attached hydrogen (secondary N) is 1. The van der Waals surface area contributed by atoms with E-state index in [2.05, 4.69) is 12.2 Å². The van der Waals surface area contributed by atoms with Crippen LogP contribution in [0.15, 0.2) is 23.1 Å². The molecule has 1 nitrogen and oxygen atoms in total. The summed E-state index contributed by atoms with van der Waals surface area (Å²) in [6.45, 7) is 2.10. The molecule has 2 rings (SSSR count). The molecule has 14 heavy (non-hydrogen) atoms. The first-order chi connectivity index (χ1) is 6.74. The first-order valence-electron chi connectivity index (χ1n) is 4.82. The van der Waals surface area contributed by atoms with E-state index in [9.17, 15) is 4.39 Å². The average Bonchev–Trinajstić information content (AvgIpc) is 2.62. The minimum Gasteiger partial charge on any atom is -0.317 e. The van der Waals surface area contributed by atoms with E-state index in [-0.39, 0.29) is 5.82 Å². The van der Waals surface area contributed by atoms with E-state index in [1.54, 1.807) is 23.9 Å². The zero-order valence-electron chi connectivity index (χ0n) is 8.38. The molecule has 0 fully saturated rings. The largest absolute Gasteiger partial charge is 0.317 e. The third-order valence-corrected chi connectivity index (χ3v) is 4.05. The SMILES string of the molecule is CNC(C)C1CSc2cccc(F)c21. The molecule has 0 bridgehead atoms. The third-order valence-electron chi connectivity index (χ3n) is 2.86. The second kappa shape index (κ2) is 3.91. The van der Waals surface area contributed by atoms with Gasteiger partial charge in [-0.2, -0.15) is 0 Å². The molecular weight excluding hydrogens is 197 g/mol. The van der Waals surface area contributed by atoms with E-state index in [0.29, 0.717) is 12.0 Å². The highest BCUT2D eigenvalue weighted by Crippen LogP contribution is 2.42. The Kier molecular flexibility index (Phi) is 2.79. The van der Waals surface area contributed by atoms with Gasteiger partial charge in [0.05, 0.1) is 0 Å². The highest BCUT2D eigenvalue weighted by Gasteiger charge is 2.29. The van der Waals surface area contributed by atoms with E-state index in [4.69, 9.17) is 0 Å². The lowest BCUT2D eigenvalue weighted by atomic mass is 9.94. The lowest BCUT2D eigenvalue weighted by molar-refractivity contribution is 0.502. The molecule has 0 saturated carbocycles. The molecule has 0 amide bonds. The van der Waals surface area contributed by atoms with Gasteiger partial charge in [-0.1, -0.05) is 6.07 Å². The summed E-state index contributed by atoms with van der Waals surface area (Å²) in [5, 5.41) is 3.19. The van der Waals surface area contributed by atoms with Gasteiger partial charge in [-0.05, 0) is 26.1 Å². The summed E-state index contributed by atoms with van der Waals surface area (Å²) in [6.07, 6.45) is 0. The number of thioether (sulfide) groups is 1.